The van der Waals surface area contributed by atoms with Crippen LogP contribution in [0.1, 0.15) is 37.6 Å². The Morgan fingerprint density at radius 3 is 2.60 bits per heavy atom. The largest absolute Gasteiger partial charge is 0.379 e. The summed E-state index contributed by atoms with van der Waals surface area (Å²) in [7, 11) is 0. The molecule has 2 aromatic rings. The van der Waals surface area contributed by atoms with Gasteiger partial charge in [-0.1, -0.05) is 38.1 Å². The van der Waals surface area contributed by atoms with E-state index < -0.39 is 11.4 Å². The number of benzene rings is 1. The standard InChI is InChI=1S/C17H20FNO/c1-12(2)9-13-5-4-6-14(10-13)17(3,20)16-8-7-15(18)11-19-16/h4-8,10-12,20H,9H2,1-3H3. The van der Waals surface area contributed by atoms with Gasteiger partial charge in [-0.05, 0) is 42.5 Å². The van der Waals surface area contributed by atoms with Crippen molar-refractivity contribution in [3.63, 3.8) is 0 Å². The van der Waals surface area contributed by atoms with Crippen LogP contribution in [0.4, 0.5) is 4.39 Å². The molecular weight excluding hydrogens is 253 g/mol. The monoisotopic (exact) mass is 273 g/mol. The Kier molecular flexibility index (Phi) is 4.19. The van der Waals surface area contributed by atoms with Crippen LogP contribution in [0, 0.1) is 11.7 Å². The van der Waals surface area contributed by atoms with Gasteiger partial charge in [0.2, 0.25) is 0 Å². The molecule has 3 heteroatoms. The van der Waals surface area contributed by atoms with Crippen molar-refractivity contribution in [3.05, 3.63) is 65.2 Å². The van der Waals surface area contributed by atoms with Crippen molar-refractivity contribution in [1.82, 2.24) is 4.98 Å². The summed E-state index contributed by atoms with van der Waals surface area (Å²) in [6, 6.07) is 10.7. The van der Waals surface area contributed by atoms with Crippen molar-refractivity contribution in [2.75, 3.05) is 0 Å². The maximum Gasteiger partial charge on any atom is 0.141 e. The molecule has 0 amide bonds. The lowest BCUT2D eigenvalue weighted by atomic mass is 9.89. The van der Waals surface area contributed by atoms with Crippen LogP contribution < -0.4 is 0 Å². The smallest absolute Gasteiger partial charge is 0.141 e. The van der Waals surface area contributed by atoms with Crippen molar-refractivity contribution in [1.29, 1.82) is 0 Å². The summed E-state index contributed by atoms with van der Waals surface area (Å²) in [5.41, 5.74) is 1.18. The van der Waals surface area contributed by atoms with Crippen LogP contribution in [-0.4, -0.2) is 10.1 Å². The quantitative estimate of drug-likeness (QED) is 0.922. The van der Waals surface area contributed by atoms with E-state index in [2.05, 4.69) is 24.9 Å². The second-order valence-corrected chi connectivity index (χ2v) is 5.73. The normalized spacial score (nSPS) is 14.3. The second-order valence-electron chi connectivity index (χ2n) is 5.73. The van der Waals surface area contributed by atoms with Gasteiger partial charge in [-0.2, -0.15) is 0 Å². The van der Waals surface area contributed by atoms with Crippen LogP contribution in [0.5, 0.6) is 0 Å². The summed E-state index contributed by atoms with van der Waals surface area (Å²) in [6.45, 7) is 6.00. The van der Waals surface area contributed by atoms with E-state index in [1.165, 1.54) is 17.7 Å². The van der Waals surface area contributed by atoms with Gasteiger partial charge < -0.3 is 5.11 Å². The number of nitrogens with zero attached hydrogens (tertiary/aromatic N) is 1. The molecular formula is C17H20FNO. The Morgan fingerprint density at radius 1 is 1.25 bits per heavy atom. The second kappa shape index (κ2) is 5.71. The Morgan fingerprint density at radius 2 is 2.00 bits per heavy atom. The predicted octanol–water partition coefficient (Wildman–Crippen LogP) is 3.68. The number of halogens is 1. The number of aliphatic hydroxyl groups is 1. The Labute approximate surface area is 119 Å². The molecule has 2 nitrogen and oxygen atoms in total. The third-order valence-electron chi connectivity index (χ3n) is 3.36. The van der Waals surface area contributed by atoms with Crippen molar-refractivity contribution < 1.29 is 9.50 Å². The highest BCUT2D eigenvalue weighted by atomic mass is 19.1. The first-order valence-electron chi connectivity index (χ1n) is 6.83. The lowest BCUT2D eigenvalue weighted by Gasteiger charge is -2.24. The van der Waals surface area contributed by atoms with Gasteiger partial charge in [-0.25, -0.2) is 4.39 Å². The maximum absolute atomic E-state index is 12.9. The molecule has 0 radical (unpaired) electrons. The minimum Gasteiger partial charge on any atom is -0.379 e. The molecule has 0 aliphatic heterocycles. The highest BCUT2D eigenvalue weighted by Gasteiger charge is 2.27. The summed E-state index contributed by atoms with van der Waals surface area (Å²) in [5, 5.41) is 10.7. The summed E-state index contributed by atoms with van der Waals surface area (Å²) >= 11 is 0. The van der Waals surface area contributed by atoms with Crippen molar-refractivity contribution in [2.24, 2.45) is 5.92 Å². The first-order chi connectivity index (χ1) is 9.39. The van der Waals surface area contributed by atoms with E-state index in [9.17, 15) is 9.50 Å². The highest BCUT2D eigenvalue weighted by Crippen LogP contribution is 2.28. The molecule has 1 heterocycles. The molecule has 0 saturated heterocycles. The molecule has 1 unspecified atom stereocenters. The van der Waals surface area contributed by atoms with Crippen molar-refractivity contribution in [2.45, 2.75) is 32.8 Å². The zero-order valence-corrected chi connectivity index (χ0v) is 12.1. The number of rotatable bonds is 4. The van der Waals surface area contributed by atoms with E-state index in [0.717, 1.165) is 18.2 Å². The van der Waals surface area contributed by atoms with Crippen LogP contribution >= 0.6 is 0 Å². The fourth-order valence-electron chi connectivity index (χ4n) is 2.28. The molecule has 0 saturated carbocycles. The lowest BCUT2D eigenvalue weighted by molar-refractivity contribution is 0.0971. The van der Waals surface area contributed by atoms with E-state index in [1.807, 2.05) is 18.2 Å². The number of aromatic nitrogens is 1. The van der Waals surface area contributed by atoms with Gasteiger partial charge in [-0.3, -0.25) is 4.98 Å². The van der Waals surface area contributed by atoms with Gasteiger partial charge in [0.1, 0.15) is 11.4 Å². The number of hydrogen-bond donors (Lipinski definition) is 1. The maximum atomic E-state index is 12.9. The molecule has 1 aromatic heterocycles. The van der Waals surface area contributed by atoms with Crippen LogP contribution in [0.2, 0.25) is 0 Å². The number of pyridine rings is 1. The molecule has 106 valence electrons. The minimum absolute atomic E-state index is 0.405. The van der Waals surface area contributed by atoms with E-state index >= 15 is 0 Å². The van der Waals surface area contributed by atoms with E-state index in [1.54, 1.807) is 6.92 Å². The Balaban J connectivity index is 2.35. The van der Waals surface area contributed by atoms with Crippen LogP contribution in [0.15, 0.2) is 42.6 Å². The van der Waals surface area contributed by atoms with E-state index in [0.29, 0.717) is 11.6 Å². The van der Waals surface area contributed by atoms with Gasteiger partial charge in [0.05, 0.1) is 11.9 Å². The average molecular weight is 273 g/mol. The molecule has 0 fully saturated rings. The molecule has 20 heavy (non-hydrogen) atoms. The molecule has 1 aromatic carbocycles. The van der Waals surface area contributed by atoms with E-state index in [4.69, 9.17) is 0 Å². The van der Waals surface area contributed by atoms with Gasteiger partial charge in [0.25, 0.3) is 0 Å². The Hall–Kier alpha value is -1.74. The lowest BCUT2D eigenvalue weighted by Crippen LogP contribution is -2.24. The van der Waals surface area contributed by atoms with Crippen molar-refractivity contribution in [3.8, 4) is 0 Å². The average Bonchev–Trinajstić information content (AvgIpc) is 2.39. The van der Waals surface area contributed by atoms with Gasteiger partial charge in [0.15, 0.2) is 0 Å². The zero-order chi connectivity index (χ0) is 14.8. The van der Waals surface area contributed by atoms with Crippen LogP contribution in [0.25, 0.3) is 0 Å². The Bertz CT molecular complexity index is 576. The van der Waals surface area contributed by atoms with Gasteiger partial charge >= 0.3 is 0 Å². The summed E-state index contributed by atoms with van der Waals surface area (Å²) in [4.78, 5) is 3.99. The third-order valence-corrected chi connectivity index (χ3v) is 3.36. The summed E-state index contributed by atoms with van der Waals surface area (Å²) in [5.74, 6) is 0.150. The molecule has 0 aliphatic carbocycles. The third kappa shape index (κ3) is 3.23. The SMILES string of the molecule is CC(C)Cc1cccc(C(C)(O)c2ccc(F)cn2)c1. The first kappa shape index (κ1) is 14.7. The predicted molar refractivity (Wildman–Crippen MR) is 77.9 cm³/mol. The number of hydrogen-bond acceptors (Lipinski definition) is 2. The highest BCUT2D eigenvalue weighted by molar-refractivity contribution is 5.34. The molecule has 2 rings (SSSR count). The summed E-state index contributed by atoms with van der Waals surface area (Å²) in [6.07, 6.45) is 2.09. The fourth-order valence-corrected chi connectivity index (χ4v) is 2.28. The molecule has 0 spiro atoms. The zero-order valence-electron chi connectivity index (χ0n) is 12.1. The van der Waals surface area contributed by atoms with Crippen molar-refractivity contribution >= 4 is 0 Å². The molecule has 0 bridgehead atoms. The fraction of sp³-hybridized carbons (Fsp3) is 0.353. The molecule has 1 N–H and O–H groups in total. The van der Waals surface area contributed by atoms with Crippen LogP contribution in [0.3, 0.4) is 0 Å². The van der Waals surface area contributed by atoms with Crippen LogP contribution in [-0.2, 0) is 12.0 Å². The first-order valence-corrected chi connectivity index (χ1v) is 6.83. The van der Waals surface area contributed by atoms with Gasteiger partial charge in [0, 0.05) is 0 Å². The molecule has 0 aliphatic rings. The topological polar surface area (TPSA) is 33.1 Å². The molecule has 1 atom stereocenters. The van der Waals surface area contributed by atoms with Gasteiger partial charge in [-0.15, -0.1) is 0 Å². The minimum atomic E-state index is -1.22. The summed E-state index contributed by atoms with van der Waals surface area (Å²) < 4.78 is 12.9. The van der Waals surface area contributed by atoms with E-state index in [-0.39, 0.29) is 0 Å².